The van der Waals surface area contributed by atoms with E-state index in [2.05, 4.69) is 65.6 Å². The van der Waals surface area contributed by atoms with Gasteiger partial charge >= 0.3 is 0 Å². The van der Waals surface area contributed by atoms with Crippen molar-refractivity contribution in [3.8, 4) is 0 Å². The summed E-state index contributed by atoms with van der Waals surface area (Å²) in [5.41, 5.74) is 2.99. The minimum absolute atomic E-state index is 0. The molecule has 0 fully saturated rings. The Balaban J connectivity index is 0.00000312. The van der Waals surface area contributed by atoms with E-state index in [1.165, 1.54) is 11.1 Å². The first-order valence-corrected chi connectivity index (χ1v) is 8.74. The van der Waals surface area contributed by atoms with Crippen molar-refractivity contribution in [2.75, 3.05) is 33.9 Å². The van der Waals surface area contributed by atoms with Gasteiger partial charge in [0.05, 0.1) is 6.61 Å². The number of ether oxygens (including phenoxy) is 1. The number of rotatable bonds is 6. The van der Waals surface area contributed by atoms with Gasteiger partial charge in [-0.2, -0.15) is 0 Å². The van der Waals surface area contributed by atoms with Crippen LogP contribution in [0.3, 0.4) is 0 Å². The number of hydrogen-bond donors (Lipinski definition) is 2. The second kappa shape index (κ2) is 10.3. The highest BCUT2D eigenvalue weighted by molar-refractivity contribution is 14.0. The van der Waals surface area contributed by atoms with E-state index >= 15 is 0 Å². The minimum Gasteiger partial charge on any atom is -0.383 e. The van der Waals surface area contributed by atoms with Crippen LogP contribution in [0.15, 0.2) is 29.3 Å². The minimum atomic E-state index is 0. The highest BCUT2D eigenvalue weighted by Gasteiger charge is 2.29. The van der Waals surface area contributed by atoms with Crippen molar-refractivity contribution in [3.05, 3.63) is 35.4 Å². The van der Waals surface area contributed by atoms with E-state index < -0.39 is 0 Å². The molecule has 1 aliphatic rings. The lowest BCUT2D eigenvalue weighted by Crippen LogP contribution is -2.55. The average molecular weight is 460 g/mol. The van der Waals surface area contributed by atoms with Crippen LogP contribution < -0.4 is 10.6 Å². The van der Waals surface area contributed by atoms with Crippen molar-refractivity contribution in [3.63, 3.8) is 0 Å². The predicted molar refractivity (Wildman–Crippen MR) is 116 cm³/mol. The number of benzene rings is 1. The van der Waals surface area contributed by atoms with Crippen molar-refractivity contribution in [1.82, 2.24) is 15.5 Å². The van der Waals surface area contributed by atoms with E-state index in [0.29, 0.717) is 6.61 Å². The van der Waals surface area contributed by atoms with Gasteiger partial charge in [0, 0.05) is 45.4 Å². The van der Waals surface area contributed by atoms with Gasteiger partial charge < -0.3 is 15.4 Å². The van der Waals surface area contributed by atoms with Gasteiger partial charge in [-0.25, -0.2) is 0 Å². The Morgan fingerprint density at radius 3 is 2.64 bits per heavy atom. The molecule has 1 atom stereocenters. The van der Waals surface area contributed by atoms with E-state index in [1.807, 2.05) is 0 Å². The third-order valence-corrected chi connectivity index (χ3v) is 4.70. The first-order chi connectivity index (χ1) is 11.5. The maximum Gasteiger partial charge on any atom is 0.191 e. The van der Waals surface area contributed by atoms with Gasteiger partial charge in [0.25, 0.3) is 0 Å². The summed E-state index contributed by atoms with van der Waals surface area (Å²) in [6.45, 7) is 10.3. The molecule has 25 heavy (non-hydrogen) atoms. The molecule has 0 aromatic heterocycles. The van der Waals surface area contributed by atoms with E-state index in [0.717, 1.165) is 32.0 Å². The van der Waals surface area contributed by atoms with Crippen LogP contribution in [0.1, 0.15) is 31.9 Å². The topological polar surface area (TPSA) is 48.9 Å². The molecule has 1 unspecified atom stereocenters. The average Bonchev–Trinajstić information content (AvgIpc) is 2.58. The first-order valence-electron chi connectivity index (χ1n) is 8.74. The number of methoxy groups -OCH3 is 1. The van der Waals surface area contributed by atoms with Gasteiger partial charge in [-0.1, -0.05) is 24.3 Å². The quantitative estimate of drug-likeness (QED) is 0.390. The summed E-state index contributed by atoms with van der Waals surface area (Å²) in [4.78, 5) is 6.86. The molecule has 0 radical (unpaired) electrons. The van der Waals surface area contributed by atoms with Gasteiger partial charge in [0.1, 0.15) is 0 Å². The molecule has 0 saturated heterocycles. The molecule has 5 nitrogen and oxygen atoms in total. The van der Waals surface area contributed by atoms with Crippen LogP contribution in [0.4, 0.5) is 0 Å². The van der Waals surface area contributed by atoms with Crippen LogP contribution in [0.5, 0.6) is 0 Å². The van der Waals surface area contributed by atoms with Crippen LogP contribution in [0, 0.1) is 0 Å². The molecular formula is C19H33IN4O. The third kappa shape index (κ3) is 6.42. The van der Waals surface area contributed by atoms with Crippen molar-refractivity contribution in [2.24, 2.45) is 4.99 Å². The Kier molecular flexibility index (Phi) is 9.16. The van der Waals surface area contributed by atoms with Gasteiger partial charge in [0.2, 0.25) is 0 Å². The molecule has 6 heteroatoms. The van der Waals surface area contributed by atoms with E-state index in [4.69, 9.17) is 4.74 Å². The van der Waals surface area contributed by atoms with Crippen LogP contribution in [0.25, 0.3) is 0 Å². The Hall–Kier alpha value is -0.860. The molecule has 0 spiro atoms. The molecule has 1 aromatic carbocycles. The summed E-state index contributed by atoms with van der Waals surface area (Å²) in [6.07, 6.45) is 1.12. The van der Waals surface area contributed by atoms with Crippen molar-refractivity contribution in [1.29, 1.82) is 0 Å². The van der Waals surface area contributed by atoms with Crippen LogP contribution in [-0.2, 0) is 17.7 Å². The standard InChI is InChI=1S/C19H32N4O.HI/c1-15(13-24-5)22-18(20-4)21-14-19(2,3)23-11-10-16-8-6-7-9-17(16)12-23;/h6-9,15H,10-14H2,1-5H3,(H2,20,21,22);1H. The fraction of sp³-hybridized carbons (Fsp3) is 0.632. The summed E-state index contributed by atoms with van der Waals surface area (Å²) < 4.78 is 5.17. The first kappa shape index (κ1) is 22.2. The van der Waals surface area contributed by atoms with E-state index in [-0.39, 0.29) is 35.6 Å². The van der Waals surface area contributed by atoms with Crippen molar-refractivity contribution >= 4 is 29.9 Å². The summed E-state index contributed by atoms with van der Waals surface area (Å²) in [5.74, 6) is 0.824. The number of aliphatic imine (C=N–C) groups is 1. The monoisotopic (exact) mass is 460 g/mol. The summed E-state index contributed by atoms with van der Waals surface area (Å²) >= 11 is 0. The summed E-state index contributed by atoms with van der Waals surface area (Å²) in [5, 5.41) is 6.82. The van der Waals surface area contributed by atoms with Gasteiger partial charge in [0.15, 0.2) is 5.96 Å². The van der Waals surface area contributed by atoms with Crippen LogP contribution >= 0.6 is 24.0 Å². The Morgan fingerprint density at radius 2 is 2.00 bits per heavy atom. The second-order valence-corrected chi connectivity index (χ2v) is 7.18. The molecule has 1 heterocycles. The van der Waals surface area contributed by atoms with Gasteiger partial charge in [-0.05, 0) is 38.3 Å². The molecule has 0 amide bonds. The number of nitrogens with zero attached hydrogens (tertiary/aromatic N) is 2. The fourth-order valence-electron chi connectivity index (χ4n) is 3.14. The lowest BCUT2D eigenvalue weighted by molar-refractivity contribution is 0.107. The molecule has 142 valence electrons. The molecule has 2 rings (SSSR count). The second-order valence-electron chi connectivity index (χ2n) is 7.18. The molecular weight excluding hydrogens is 427 g/mol. The Labute approximate surface area is 169 Å². The largest absolute Gasteiger partial charge is 0.383 e. The number of hydrogen-bond acceptors (Lipinski definition) is 3. The highest BCUT2D eigenvalue weighted by atomic mass is 127. The number of fused-ring (bicyclic) bond motifs is 1. The normalized spacial score (nSPS) is 16.6. The van der Waals surface area contributed by atoms with Crippen molar-refractivity contribution in [2.45, 2.75) is 45.3 Å². The molecule has 0 saturated carbocycles. The smallest absolute Gasteiger partial charge is 0.191 e. The highest BCUT2D eigenvalue weighted by Crippen LogP contribution is 2.24. The maximum absolute atomic E-state index is 5.17. The lowest BCUT2D eigenvalue weighted by atomic mass is 9.94. The zero-order valence-corrected chi connectivity index (χ0v) is 18.5. The molecule has 0 bridgehead atoms. The zero-order chi connectivity index (χ0) is 17.6. The Morgan fingerprint density at radius 1 is 1.32 bits per heavy atom. The van der Waals surface area contributed by atoms with Crippen molar-refractivity contribution < 1.29 is 4.74 Å². The Bertz CT molecular complexity index is 562. The van der Waals surface area contributed by atoms with E-state index in [1.54, 1.807) is 14.2 Å². The summed E-state index contributed by atoms with van der Waals surface area (Å²) in [6, 6.07) is 9.00. The lowest BCUT2D eigenvalue weighted by Gasteiger charge is -2.42. The zero-order valence-electron chi connectivity index (χ0n) is 16.1. The van der Waals surface area contributed by atoms with E-state index in [9.17, 15) is 0 Å². The third-order valence-electron chi connectivity index (χ3n) is 4.70. The number of nitrogens with one attached hydrogen (secondary N) is 2. The SMILES string of the molecule is CN=C(NCC(C)(C)N1CCc2ccccc2C1)NC(C)COC.I. The molecule has 1 aliphatic heterocycles. The summed E-state index contributed by atoms with van der Waals surface area (Å²) in [7, 11) is 3.52. The maximum atomic E-state index is 5.17. The van der Waals surface area contributed by atoms with Crippen LogP contribution in [0.2, 0.25) is 0 Å². The number of guanidine groups is 1. The molecule has 1 aromatic rings. The fourth-order valence-corrected chi connectivity index (χ4v) is 3.14. The predicted octanol–water partition coefficient (Wildman–Crippen LogP) is 2.64. The molecule has 2 N–H and O–H groups in total. The number of halogens is 1. The van der Waals surface area contributed by atoms with Gasteiger partial charge in [-0.15, -0.1) is 24.0 Å². The van der Waals surface area contributed by atoms with Crippen LogP contribution in [-0.4, -0.2) is 56.3 Å². The molecule has 0 aliphatic carbocycles. The van der Waals surface area contributed by atoms with Gasteiger partial charge in [-0.3, -0.25) is 9.89 Å².